The van der Waals surface area contributed by atoms with Gasteiger partial charge in [0, 0.05) is 5.02 Å². The molecular weight excluding hydrogens is 375 g/mol. The Kier molecular flexibility index (Phi) is 4.80. The molecule has 0 atom stereocenters. The number of aryl methyl sites for hydroxylation is 1. The summed E-state index contributed by atoms with van der Waals surface area (Å²) in [5, 5.41) is 1.10. The summed E-state index contributed by atoms with van der Waals surface area (Å²) in [7, 11) is 0. The first-order chi connectivity index (χ1) is 13.5. The highest BCUT2D eigenvalue weighted by Crippen LogP contribution is 2.21. The predicted octanol–water partition coefficient (Wildman–Crippen LogP) is 5.66. The Morgan fingerprint density at radius 2 is 1.75 bits per heavy atom. The number of benzene rings is 3. The largest absolute Gasteiger partial charge is 0.268 e. The highest BCUT2D eigenvalue weighted by Gasteiger charge is 2.12. The Hall–Kier alpha value is -3.24. The Morgan fingerprint density at radius 3 is 2.50 bits per heavy atom. The lowest BCUT2D eigenvalue weighted by Gasteiger charge is -2.12. The zero-order chi connectivity index (χ0) is 19.7. The summed E-state index contributed by atoms with van der Waals surface area (Å²) in [6.45, 7) is 1.91. The Bertz CT molecular complexity index is 1260. The topological polar surface area (TPSA) is 34.9 Å². The van der Waals surface area contributed by atoms with Gasteiger partial charge in [0.15, 0.2) is 0 Å². The molecule has 0 fully saturated rings. The molecule has 0 saturated heterocycles. The minimum atomic E-state index is -0.299. The zero-order valence-electron chi connectivity index (χ0n) is 15.1. The van der Waals surface area contributed by atoms with E-state index in [-0.39, 0.29) is 11.4 Å². The average molecular weight is 391 g/mol. The van der Waals surface area contributed by atoms with Gasteiger partial charge in [-0.1, -0.05) is 48.0 Å². The molecule has 0 saturated carbocycles. The summed E-state index contributed by atoms with van der Waals surface area (Å²) in [6.07, 6.45) is 3.54. The van der Waals surface area contributed by atoms with Crippen molar-refractivity contribution in [1.29, 1.82) is 0 Å². The summed E-state index contributed by atoms with van der Waals surface area (Å²) < 4.78 is 14.7. The quantitative estimate of drug-likeness (QED) is 0.452. The predicted molar refractivity (Wildman–Crippen MR) is 112 cm³/mol. The highest BCUT2D eigenvalue weighted by molar-refractivity contribution is 6.31. The van der Waals surface area contributed by atoms with E-state index in [2.05, 4.69) is 4.98 Å². The third-order valence-corrected chi connectivity index (χ3v) is 4.92. The van der Waals surface area contributed by atoms with Crippen LogP contribution in [0.5, 0.6) is 0 Å². The van der Waals surface area contributed by atoms with E-state index in [1.54, 1.807) is 42.5 Å². The number of hydrogen-bond acceptors (Lipinski definition) is 2. The van der Waals surface area contributed by atoms with Crippen molar-refractivity contribution in [2.24, 2.45) is 0 Å². The van der Waals surface area contributed by atoms with E-state index in [4.69, 9.17) is 11.6 Å². The van der Waals surface area contributed by atoms with E-state index in [0.29, 0.717) is 27.4 Å². The number of rotatable bonds is 3. The van der Waals surface area contributed by atoms with Crippen molar-refractivity contribution < 1.29 is 4.39 Å². The van der Waals surface area contributed by atoms with E-state index in [9.17, 15) is 9.18 Å². The third kappa shape index (κ3) is 3.47. The molecule has 1 aromatic heterocycles. The number of aromatic nitrogens is 2. The fraction of sp³-hybridized carbons (Fsp3) is 0.0435. The van der Waals surface area contributed by atoms with Crippen LogP contribution in [0, 0.1) is 12.7 Å². The van der Waals surface area contributed by atoms with Crippen molar-refractivity contribution in [1.82, 2.24) is 9.55 Å². The Labute approximate surface area is 166 Å². The molecule has 0 unspecified atom stereocenters. The Balaban J connectivity index is 1.94. The van der Waals surface area contributed by atoms with Crippen LogP contribution in [0.25, 0.3) is 28.7 Å². The molecule has 5 heteroatoms. The van der Waals surface area contributed by atoms with Gasteiger partial charge in [0.05, 0.1) is 16.6 Å². The van der Waals surface area contributed by atoms with Gasteiger partial charge in [-0.3, -0.25) is 9.36 Å². The van der Waals surface area contributed by atoms with Crippen LogP contribution in [0.2, 0.25) is 5.02 Å². The molecule has 0 amide bonds. The van der Waals surface area contributed by atoms with Crippen molar-refractivity contribution in [2.75, 3.05) is 0 Å². The maximum atomic E-state index is 13.2. The summed E-state index contributed by atoms with van der Waals surface area (Å²) in [5.41, 5.74) is 2.80. The molecule has 0 bridgehead atoms. The standard InChI is InChI=1S/C23H16ClFN2O/c1-15-6-12-18(14-20(15)24)27-22(13-9-16-7-10-17(25)11-8-16)26-21-5-3-2-4-19(21)23(27)28/h2-14H,1H3/b13-9-. The van der Waals surface area contributed by atoms with Gasteiger partial charge in [-0.05, 0) is 60.5 Å². The van der Waals surface area contributed by atoms with Crippen LogP contribution >= 0.6 is 11.6 Å². The number of fused-ring (bicyclic) bond motifs is 1. The van der Waals surface area contributed by atoms with E-state index in [0.717, 1.165) is 11.1 Å². The maximum Gasteiger partial charge on any atom is 0.266 e. The van der Waals surface area contributed by atoms with E-state index >= 15 is 0 Å². The molecule has 3 aromatic carbocycles. The number of para-hydroxylation sites is 1. The van der Waals surface area contributed by atoms with Crippen LogP contribution in [0.15, 0.2) is 71.5 Å². The minimum absolute atomic E-state index is 0.177. The number of nitrogens with zero attached hydrogens (tertiary/aromatic N) is 2. The second-order valence-corrected chi connectivity index (χ2v) is 6.85. The molecule has 4 rings (SSSR count). The molecule has 0 radical (unpaired) electrons. The molecule has 0 aliphatic carbocycles. The molecule has 0 N–H and O–H groups in total. The van der Waals surface area contributed by atoms with Crippen molar-refractivity contribution in [2.45, 2.75) is 6.92 Å². The fourth-order valence-electron chi connectivity index (χ4n) is 2.98. The van der Waals surface area contributed by atoms with Gasteiger partial charge in [-0.15, -0.1) is 0 Å². The Morgan fingerprint density at radius 1 is 1.00 bits per heavy atom. The normalized spacial score (nSPS) is 11.4. The van der Waals surface area contributed by atoms with Gasteiger partial charge in [-0.2, -0.15) is 0 Å². The van der Waals surface area contributed by atoms with Gasteiger partial charge < -0.3 is 0 Å². The van der Waals surface area contributed by atoms with Crippen LogP contribution in [-0.4, -0.2) is 9.55 Å². The van der Waals surface area contributed by atoms with E-state index in [1.807, 2.05) is 31.2 Å². The maximum absolute atomic E-state index is 13.2. The fourth-order valence-corrected chi connectivity index (χ4v) is 3.15. The average Bonchev–Trinajstić information content (AvgIpc) is 2.70. The smallest absolute Gasteiger partial charge is 0.266 e. The molecule has 0 spiro atoms. The first kappa shape index (κ1) is 18.1. The summed E-state index contributed by atoms with van der Waals surface area (Å²) in [6, 6.07) is 18.8. The molecule has 0 aliphatic rings. The van der Waals surface area contributed by atoms with Gasteiger partial charge in [0.1, 0.15) is 11.6 Å². The van der Waals surface area contributed by atoms with Crippen LogP contribution < -0.4 is 5.56 Å². The van der Waals surface area contributed by atoms with Crippen molar-refractivity contribution in [3.05, 3.63) is 105 Å². The highest BCUT2D eigenvalue weighted by atomic mass is 35.5. The summed E-state index contributed by atoms with van der Waals surface area (Å²) in [4.78, 5) is 17.9. The number of hydrogen-bond donors (Lipinski definition) is 0. The van der Waals surface area contributed by atoms with Crippen LogP contribution in [0.3, 0.4) is 0 Å². The summed E-state index contributed by atoms with van der Waals surface area (Å²) >= 11 is 6.29. The first-order valence-electron chi connectivity index (χ1n) is 8.75. The van der Waals surface area contributed by atoms with Crippen molar-refractivity contribution >= 4 is 34.7 Å². The SMILES string of the molecule is Cc1ccc(-n2c(/C=C\c3ccc(F)cc3)nc3ccccc3c2=O)cc1Cl. The molecule has 28 heavy (non-hydrogen) atoms. The van der Waals surface area contributed by atoms with Gasteiger partial charge in [-0.25, -0.2) is 9.37 Å². The lowest BCUT2D eigenvalue weighted by Crippen LogP contribution is -2.22. The van der Waals surface area contributed by atoms with Gasteiger partial charge in [0.2, 0.25) is 0 Å². The second-order valence-electron chi connectivity index (χ2n) is 6.45. The summed E-state index contributed by atoms with van der Waals surface area (Å²) in [5.74, 6) is 0.167. The molecule has 138 valence electrons. The van der Waals surface area contributed by atoms with E-state index in [1.165, 1.54) is 16.7 Å². The van der Waals surface area contributed by atoms with Gasteiger partial charge >= 0.3 is 0 Å². The zero-order valence-corrected chi connectivity index (χ0v) is 15.8. The van der Waals surface area contributed by atoms with Crippen molar-refractivity contribution in [3.8, 4) is 5.69 Å². The first-order valence-corrected chi connectivity index (χ1v) is 9.13. The second kappa shape index (κ2) is 7.41. The van der Waals surface area contributed by atoms with E-state index < -0.39 is 0 Å². The van der Waals surface area contributed by atoms with Crippen LogP contribution in [0.1, 0.15) is 17.0 Å². The lowest BCUT2D eigenvalue weighted by molar-refractivity contribution is 0.628. The molecule has 3 nitrogen and oxygen atoms in total. The minimum Gasteiger partial charge on any atom is -0.268 e. The van der Waals surface area contributed by atoms with Crippen LogP contribution in [0.4, 0.5) is 4.39 Å². The molecule has 0 aliphatic heterocycles. The number of halogens is 2. The van der Waals surface area contributed by atoms with Gasteiger partial charge in [0.25, 0.3) is 5.56 Å². The van der Waals surface area contributed by atoms with Crippen LogP contribution in [-0.2, 0) is 0 Å². The third-order valence-electron chi connectivity index (χ3n) is 4.51. The molecule has 1 heterocycles. The molecular formula is C23H16ClFN2O. The lowest BCUT2D eigenvalue weighted by atomic mass is 10.2. The van der Waals surface area contributed by atoms with Crippen molar-refractivity contribution in [3.63, 3.8) is 0 Å². The molecule has 4 aromatic rings. The monoisotopic (exact) mass is 390 g/mol.